The van der Waals surface area contributed by atoms with Gasteiger partial charge in [-0.05, 0) is 31.0 Å². The van der Waals surface area contributed by atoms with Crippen LogP contribution in [0.4, 0.5) is 0 Å². The largest absolute Gasteiger partial charge is 0.497 e. The Morgan fingerprint density at radius 1 is 1.47 bits per heavy atom. The number of rotatable bonds is 4. The van der Waals surface area contributed by atoms with Crippen LogP contribution in [0.1, 0.15) is 24.8 Å². The first-order valence-electron chi connectivity index (χ1n) is 6.69. The molecule has 2 rings (SSSR count). The maximum absolute atomic E-state index is 12.4. The van der Waals surface area contributed by atoms with E-state index in [0.29, 0.717) is 6.54 Å². The fraction of sp³-hybridized carbons (Fsp3) is 0.533. The van der Waals surface area contributed by atoms with E-state index in [0.717, 1.165) is 24.3 Å². The molecule has 2 unspecified atom stereocenters. The Kier molecular flexibility index (Phi) is 4.43. The van der Waals surface area contributed by atoms with Crippen molar-refractivity contribution in [1.82, 2.24) is 4.90 Å². The first-order chi connectivity index (χ1) is 9.15. The third-order valence-corrected chi connectivity index (χ3v) is 3.84. The Bertz CT molecular complexity index is 430. The van der Waals surface area contributed by atoms with Gasteiger partial charge in [-0.1, -0.05) is 12.1 Å². The van der Waals surface area contributed by atoms with Crippen molar-refractivity contribution < 1.29 is 14.6 Å². The second-order valence-electron chi connectivity index (χ2n) is 5.12. The number of amides is 1. The van der Waals surface area contributed by atoms with Crippen LogP contribution in [0.15, 0.2) is 24.3 Å². The number of hydrogen-bond acceptors (Lipinski definition) is 3. The second kappa shape index (κ2) is 6.06. The highest BCUT2D eigenvalue weighted by molar-refractivity contribution is 5.83. The lowest BCUT2D eigenvalue weighted by Gasteiger charge is -2.21. The second-order valence-corrected chi connectivity index (χ2v) is 5.12. The van der Waals surface area contributed by atoms with Gasteiger partial charge in [0.25, 0.3) is 0 Å². The molecule has 4 nitrogen and oxygen atoms in total. The molecule has 1 aromatic rings. The minimum absolute atomic E-state index is 0.140. The summed E-state index contributed by atoms with van der Waals surface area (Å²) in [5, 5.41) is 9.13. The number of nitrogens with zero attached hydrogens (tertiary/aromatic N) is 1. The summed E-state index contributed by atoms with van der Waals surface area (Å²) in [5.74, 6) is 1.03. The molecular weight excluding hydrogens is 242 g/mol. The number of hydrogen-bond donors (Lipinski definition) is 1. The SMILES string of the molecule is COc1ccc(C(C)C(=O)N2CCC(CO)C2)cc1. The topological polar surface area (TPSA) is 49.8 Å². The van der Waals surface area contributed by atoms with Gasteiger partial charge in [-0.25, -0.2) is 0 Å². The van der Waals surface area contributed by atoms with Gasteiger partial charge < -0.3 is 14.7 Å². The highest BCUT2D eigenvalue weighted by Crippen LogP contribution is 2.24. The molecule has 2 atom stereocenters. The summed E-state index contributed by atoms with van der Waals surface area (Å²) >= 11 is 0. The highest BCUT2D eigenvalue weighted by atomic mass is 16.5. The summed E-state index contributed by atoms with van der Waals surface area (Å²) in [6, 6.07) is 7.61. The Hall–Kier alpha value is -1.55. The number of carbonyl (C=O) groups excluding carboxylic acids is 1. The van der Waals surface area contributed by atoms with Gasteiger partial charge in [-0.3, -0.25) is 4.79 Å². The molecule has 4 heteroatoms. The molecular formula is C15H21NO3. The van der Waals surface area contributed by atoms with Crippen molar-refractivity contribution in [2.45, 2.75) is 19.3 Å². The van der Waals surface area contributed by atoms with Crippen LogP contribution in [0.3, 0.4) is 0 Å². The molecule has 1 heterocycles. The molecule has 104 valence electrons. The first kappa shape index (κ1) is 13.9. The van der Waals surface area contributed by atoms with Crippen LogP contribution in [0, 0.1) is 5.92 Å². The Labute approximate surface area is 114 Å². The van der Waals surface area contributed by atoms with Crippen molar-refractivity contribution in [2.24, 2.45) is 5.92 Å². The molecule has 1 aliphatic rings. The summed E-state index contributed by atoms with van der Waals surface area (Å²) in [4.78, 5) is 14.2. The van der Waals surface area contributed by atoms with Crippen LogP contribution in [0.2, 0.25) is 0 Å². The van der Waals surface area contributed by atoms with E-state index in [1.54, 1.807) is 7.11 Å². The number of likely N-dealkylation sites (tertiary alicyclic amines) is 1. The van der Waals surface area contributed by atoms with Crippen molar-refractivity contribution in [3.8, 4) is 5.75 Å². The van der Waals surface area contributed by atoms with Gasteiger partial charge in [0.05, 0.1) is 13.0 Å². The minimum atomic E-state index is -0.150. The fourth-order valence-corrected chi connectivity index (χ4v) is 2.49. The summed E-state index contributed by atoms with van der Waals surface area (Å²) in [5.41, 5.74) is 0.998. The molecule has 0 aliphatic carbocycles. The van der Waals surface area contributed by atoms with Crippen LogP contribution >= 0.6 is 0 Å². The third-order valence-electron chi connectivity index (χ3n) is 3.84. The van der Waals surface area contributed by atoms with E-state index < -0.39 is 0 Å². The van der Waals surface area contributed by atoms with Gasteiger partial charge >= 0.3 is 0 Å². The van der Waals surface area contributed by atoms with Crippen LogP contribution in [0.5, 0.6) is 5.75 Å². The van der Waals surface area contributed by atoms with E-state index in [1.165, 1.54) is 0 Å². The van der Waals surface area contributed by atoms with Gasteiger partial charge in [0.2, 0.25) is 5.91 Å². The lowest BCUT2D eigenvalue weighted by atomic mass is 9.99. The van der Waals surface area contributed by atoms with Gasteiger partial charge in [0.1, 0.15) is 5.75 Å². The average molecular weight is 263 g/mol. The molecule has 0 spiro atoms. The molecule has 1 aliphatic heterocycles. The van der Waals surface area contributed by atoms with Crippen molar-refractivity contribution in [2.75, 3.05) is 26.8 Å². The van der Waals surface area contributed by atoms with Crippen LogP contribution < -0.4 is 4.74 Å². The number of benzene rings is 1. The third kappa shape index (κ3) is 3.07. The smallest absolute Gasteiger partial charge is 0.229 e. The molecule has 1 N–H and O–H groups in total. The minimum Gasteiger partial charge on any atom is -0.497 e. The van der Waals surface area contributed by atoms with Crippen molar-refractivity contribution >= 4 is 5.91 Å². The highest BCUT2D eigenvalue weighted by Gasteiger charge is 2.29. The van der Waals surface area contributed by atoms with E-state index in [-0.39, 0.29) is 24.3 Å². The predicted molar refractivity (Wildman–Crippen MR) is 73.2 cm³/mol. The number of aliphatic hydroxyl groups is 1. The number of carbonyl (C=O) groups is 1. The molecule has 0 aromatic heterocycles. The van der Waals surface area contributed by atoms with Crippen LogP contribution in [-0.4, -0.2) is 42.7 Å². The standard InChI is InChI=1S/C15H21NO3/c1-11(13-3-5-14(19-2)6-4-13)15(18)16-8-7-12(9-16)10-17/h3-6,11-12,17H,7-10H2,1-2H3. The maximum Gasteiger partial charge on any atom is 0.229 e. The Morgan fingerprint density at radius 3 is 2.68 bits per heavy atom. The van der Waals surface area contributed by atoms with E-state index in [9.17, 15) is 4.79 Å². The molecule has 1 saturated heterocycles. The van der Waals surface area contributed by atoms with E-state index in [4.69, 9.17) is 9.84 Å². The first-order valence-corrected chi connectivity index (χ1v) is 6.69. The van der Waals surface area contributed by atoms with Gasteiger partial charge in [-0.2, -0.15) is 0 Å². The van der Waals surface area contributed by atoms with E-state index in [2.05, 4.69) is 0 Å². The zero-order chi connectivity index (χ0) is 13.8. The molecule has 19 heavy (non-hydrogen) atoms. The lowest BCUT2D eigenvalue weighted by molar-refractivity contribution is -0.131. The lowest BCUT2D eigenvalue weighted by Crippen LogP contribution is -2.32. The fourth-order valence-electron chi connectivity index (χ4n) is 2.49. The number of methoxy groups -OCH3 is 1. The summed E-state index contributed by atoms with van der Waals surface area (Å²) in [7, 11) is 1.63. The number of aliphatic hydroxyl groups excluding tert-OH is 1. The zero-order valence-corrected chi connectivity index (χ0v) is 11.5. The van der Waals surface area contributed by atoms with Gasteiger partial charge in [-0.15, -0.1) is 0 Å². The Balaban J connectivity index is 2.02. The summed E-state index contributed by atoms with van der Waals surface area (Å²) in [6.07, 6.45) is 0.900. The predicted octanol–water partition coefficient (Wildman–Crippen LogP) is 1.64. The average Bonchev–Trinajstić information content (AvgIpc) is 2.94. The van der Waals surface area contributed by atoms with E-state index >= 15 is 0 Å². The quantitative estimate of drug-likeness (QED) is 0.898. The van der Waals surface area contributed by atoms with Gasteiger partial charge in [0, 0.05) is 25.6 Å². The molecule has 0 saturated carbocycles. The van der Waals surface area contributed by atoms with E-state index in [1.807, 2.05) is 36.1 Å². The van der Waals surface area contributed by atoms with Crippen molar-refractivity contribution in [3.63, 3.8) is 0 Å². The summed E-state index contributed by atoms with van der Waals surface area (Å²) in [6.45, 7) is 3.53. The van der Waals surface area contributed by atoms with Crippen molar-refractivity contribution in [3.05, 3.63) is 29.8 Å². The molecule has 1 amide bonds. The molecule has 0 radical (unpaired) electrons. The van der Waals surface area contributed by atoms with Crippen LogP contribution in [0.25, 0.3) is 0 Å². The molecule has 0 bridgehead atoms. The Morgan fingerprint density at radius 2 is 2.16 bits per heavy atom. The monoisotopic (exact) mass is 263 g/mol. The molecule has 1 aromatic carbocycles. The van der Waals surface area contributed by atoms with Crippen LogP contribution in [-0.2, 0) is 4.79 Å². The summed E-state index contributed by atoms with van der Waals surface area (Å²) < 4.78 is 5.11. The number of ether oxygens (including phenoxy) is 1. The van der Waals surface area contributed by atoms with Gasteiger partial charge in [0.15, 0.2) is 0 Å². The van der Waals surface area contributed by atoms with Crippen molar-refractivity contribution in [1.29, 1.82) is 0 Å². The maximum atomic E-state index is 12.4. The zero-order valence-electron chi connectivity index (χ0n) is 11.5. The molecule has 1 fully saturated rings. The normalized spacial score (nSPS) is 20.4.